The van der Waals surface area contributed by atoms with Crippen LogP contribution in [0.1, 0.15) is 17.3 Å². The zero-order valence-corrected chi connectivity index (χ0v) is 8.87. The average Bonchev–Trinajstić information content (AvgIpc) is 2.53. The summed E-state index contributed by atoms with van der Waals surface area (Å²) in [6.07, 6.45) is 0. The Bertz CT molecular complexity index is 618. The number of hydrogen-bond acceptors (Lipinski definition) is 2. The van der Waals surface area contributed by atoms with Gasteiger partial charge < -0.3 is 15.4 Å². The van der Waals surface area contributed by atoms with Gasteiger partial charge in [0.15, 0.2) is 0 Å². The number of carbonyl (C=O) groups is 2. The van der Waals surface area contributed by atoms with Crippen LogP contribution in [-0.2, 0) is 4.79 Å². The smallest absolute Gasteiger partial charge is 0.340 e. The first kappa shape index (κ1) is 11.1. The molecule has 5 nitrogen and oxygen atoms in total. The minimum absolute atomic E-state index is 0.0607. The number of benzene rings is 1. The van der Waals surface area contributed by atoms with E-state index in [4.69, 9.17) is 5.11 Å². The lowest BCUT2D eigenvalue weighted by atomic mass is 10.1. The Kier molecular flexibility index (Phi) is 2.55. The Hall–Kier alpha value is -2.37. The van der Waals surface area contributed by atoms with E-state index in [2.05, 4.69) is 10.3 Å². The van der Waals surface area contributed by atoms with Crippen LogP contribution in [0, 0.1) is 5.82 Å². The molecule has 0 spiro atoms. The topological polar surface area (TPSA) is 82.2 Å². The number of halogens is 1. The van der Waals surface area contributed by atoms with E-state index in [0.717, 1.165) is 0 Å². The molecule has 0 unspecified atom stereocenters. The standard InChI is InChI=1S/C11H9FN2O3/c1-5(15)13-10-9(11(16)17)7-3-2-6(12)4-8(7)14-10/h2-4,14H,1H3,(H,13,15)(H,16,17). The first-order valence-corrected chi connectivity index (χ1v) is 4.81. The number of aromatic carboxylic acids is 1. The SMILES string of the molecule is CC(=O)Nc1[nH]c2cc(F)ccc2c1C(=O)O. The fourth-order valence-corrected chi connectivity index (χ4v) is 1.66. The lowest BCUT2D eigenvalue weighted by molar-refractivity contribution is -0.114. The Labute approximate surface area is 95.2 Å². The van der Waals surface area contributed by atoms with Crippen LogP contribution >= 0.6 is 0 Å². The number of fused-ring (bicyclic) bond motifs is 1. The Balaban J connectivity index is 2.70. The minimum atomic E-state index is -1.19. The van der Waals surface area contributed by atoms with Crippen molar-refractivity contribution < 1.29 is 19.1 Å². The molecular formula is C11H9FN2O3. The first-order chi connectivity index (χ1) is 7.99. The molecule has 0 aliphatic heterocycles. The van der Waals surface area contributed by atoms with Gasteiger partial charge in [-0.2, -0.15) is 0 Å². The molecule has 17 heavy (non-hydrogen) atoms. The molecule has 2 rings (SSSR count). The van der Waals surface area contributed by atoms with Gasteiger partial charge in [-0.25, -0.2) is 9.18 Å². The number of rotatable bonds is 2. The fraction of sp³-hybridized carbons (Fsp3) is 0.0909. The molecule has 3 N–H and O–H groups in total. The van der Waals surface area contributed by atoms with Crippen molar-refractivity contribution in [3.8, 4) is 0 Å². The van der Waals surface area contributed by atoms with Gasteiger partial charge in [0.2, 0.25) is 5.91 Å². The number of hydrogen-bond donors (Lipinski definition) is 3. The van der Waals surface area contributed by atoms with Crippen molar-refractivity contribution in [2.45, 2.75) is 6.92 Å². The molecule has 0 atom stereocenters. The van der Waals surface area contributed by atoms with Crippen molar-refractivity contribution in [1.29, 1.82) is 0 Å². The summed E-state index contributed by atoms with van der Waals surface area (Å²) >= 11 is 0. The molecule has 0 aliphatic carbocycles. The van der Waals surface area contributed by atoms with Crippen molar-refractivity contribution in [2.75, 3.05) is 5.32 Å². The molecule has 0 saturated carbocycles. The summed E-state index contributed by atoms with van der Waals surface area (Å²) in [5, 5.41) is 11.8. The van der Waals surface area contributed by atoms with E-state index in [1.54, 1.807) is 0 Å². The summed E-state index contributed by atoms with van der Waals surface area (Å²) in [6, 6.07) is 3.70. The number of carboxylic acid groups (broad SMARTS) is 1. The van der Waals surface area contributed by atoms with Gasteiger partial charge in [0.25, 0.3) is 0 Å². The van der Waals surface area contributed by atoms with Crippen LogP contribution in [-0.4, -0.2) is 22.0 Å². The number of H-pyrrole nitrogens is 1. The molecule has 0 saturated heterocycles. The van der Waals surface area contributed by atoms with E-state index in [-0.39, 0.29) is 11.4 Å². The van der Waals surface area contributed by atoms with Gasteiger partial charge in [-0.1, -0.05) is 0 Å². The van der Waals surface area contributed by atoms with Crippen LogP contribution in [0.25, 0.3) is 10.9 Å². The number of amides is 1. The number of aromatic nitrogens is 1. The lowest BCUT2D eigenvalue weighted by Crippen LogP contribution is -2.10. The van der Waals surface area contributed by atoms with Gasteiger partial charge >= 0.3 is 5.97 Å². The molecule has 88 valence electrons. The molecule has 0 aliphatic rings. The highest BCUT2D eigenvalue weighted by molar-refractivity contribution is 6.10. The third-order valence-corrected chi connectivity index (χ3v) is 2.28. The van der Waals surface area contributed by atoms with Crippen LogP contribution in [0.4, 0.5) is 10.2 Å². The summed E-state index contributed by atoms with van der Waals surface area (Å²) in [6.45, 7) is 1.26. The maximum atomic E-state index is 13.0. The van der Waals surface area contributed by atoms with Crippen LogP contribution in [0.3, 0.4) is 0 Å². The van der Waals surface area contributed by atoms with Crippen LogP contribution < -0.4 is 5.32 Å². The van der Waals surface area contributed by atoms with E-state index in [1.807, 2.05) is 0 Å². The predicted octanol–water partition coefficient (Wildman–Crippen LogP) is 1.96. The summed E-state index contributed by atoms with van der Waals surface area (Å²) in [5.74, 6) is -2.01. The normalized spacial score (nSPS) is 10.5. The second-order valence-electron chi connectivity index (χ2n) is 3.55. The van der Waals surface area contributed by atoms with E-state index < -0.39 is 17.7 Å². The Morgan fingerprint density at radius 3 is 2.71 bits per heavy atom. The maximum Gasteiger partial charge on any atom is 0.340 e. The Morgan fingerprint density at radius 2 is 2.12 bits per heavy atom. The lowest BCUT2D eigenvalue weighted by Gasteiger charge is -1.99. The Morgan fingerprint density at radius 1 is 1.41 bits per heavy atom. The highest BCUT2D eigenvalue weighted by Crippen LogP contribution is 2.26. The molecule has 1 amide bonds. The average molecular weight is 236 g/mol. The predicted molar refractivity (Wildman–Crippen MR) is 59.5 cm³/mol. The summed E-state index contributed by atoms with van der Waals surface area (Å²) in [5.41, 5.74) is 0.251. The van der Waals surface area contributed by atoms with E-state index in [0.29, 0.717) is 10.9 Å². The van der Waals surface area contributed by atoms with Crippen LogP contribution in [0.5, 0.6) is 0 Å². The summed E-state index contributed by atoms with van der Waals surface area (Å²) < 4.78 is 13.0. The third-order valence-electron chi connectivity index (χ3n) is 2.28. The van der Waals surface area contributed by atoms with Crippen molar-refractivity contribution in [2.24, 2.45) is 0 Å². The largest absolute Gasteiger partial charge is 0.478 e. The van der Waals surface area contributed by atoms with Gasteiger partial charge in [0.1, 0.15) is 17.2 Å². The fourth-order valence-electron chi connectivity index (χ4n) is 1.66. The molecule has 1 aromatic carbocycles. The van der Waals surface area contributed by atoms with Crippen molar-refractivity contribution in [1.82, 2.24) is 4.98 Å². The molecule has 0 fully saturated rings. The molecule has 1 heterocycles. The van der Waals surface area contributed by atoms with Crippen LogP contribution in [0.2, 0.25) is 0 Å². The quantitative estimate of drug-likeness (QED) is 0.745. The molecule has 6 heteroatoms. The zero-order valence-electron chi connectivity index (χ0n) is 8.87. The molecule has 2 aromatic rings. The van der Waals surface area contributed by atoms with E-state index in [9.17, 15) is 14.0 Å². The number of nitrogens with one attached hydrogen (secondary N) is 2. The van der Waals surface area contributed by atoms with E-state index in [1.165, 1.54) is 25.1 Å². The van der Waals surface area contributed by atoms with Crippen molar-refractivity contribution in [3.63, 3.8) is 0 Å². The second-order valence-corrected chi connectivity index (χ2v) is 3.55. The first-order valence-electron chi connectivity index (χ1n) is 4.81. The highest BCUT2D eigenvalue weighted by Gasteiger charge is 2.18. The zero-order chi connectivity index (χ0) is 12.6. The summed E-state index contributed by atoms with van der Waals surface area (Å²) in [4.78, 5) is 24.7. The number of carboxylic acids is 1. The molecular weight excluding hydrogens is 227 g/mol. The van der Waals surface area contributed by atoms with Gasteiger partial charge in [0.05, 0.1) is 5.52 Å². The monoisotopic (exact) mass is 236 g/mol. The summed E-state index contributed by atoms with van der Waals surface area (Å²) in [7, 11) is 0. The van der Waals surface area contributed by atoms with Gasteiger partial charge in [-0.05, 0) is 18.2 Å². The maximum absolute atomic E-state index is 13.0. The van der Waals surface area contributed by atoms with Gasteiger partial charge in [0, 0.05) is 12.3 Å². The number of carbonyl (C=O) groups excluding carboxylic acids is 1. The number of anilines is 1. The van der Waals surface area contributed by atoms with E-state index >= 15 is 0 Å². The van der Waals surface area contributed by atoms with Crippen molar-refractivity contribution >= 4 is 28.6 Å². The highest BCUT2D eigenvalue weighted by atomic mass is 19.1. The van der Waals surface area contributed by atoms with Crippen LogP contribution in [0.15, 0.2) is 18.2 Å². The minimum Gasteiger partial charge on any atom is -0.478 e. The molecule has 0 radical (unpaired) electrons. The van der Waals surface area contributed by atoms with Gasteiger partial charge in [-0.3, -0.25) is 4.79 Å². The molecule has 1 aromatic heterocycles. The van der Waals surface area contributed by atoms with Crippen molar-refractivity contribution in [3.05, 3.63) is 29.6 Å². The second kappa shape index (κ2) is 3.89. The number of aromatic amines is 1. The van der Waals surface area contributed by atoms with Gasteiger partial charge in [-0.15, -0.1) is 0 Å². The molecule has 0 bridgehead atoms. The third kappa shape index (κ3) is 1.96.